The molecule has 1 aromatic carbocycles. The zero-order valence-electron chi connectivity index (χ0n) is 16.4. The van der Waals surface area contributed by atoms with Gasteiger partial charge in [-0.05, 0) is 31.4 Å². The molecule has 1 saturated carbocycles. The minimum absolute atomic E-state index is 0.117. The van der Waals surface area contributed by atoms with Crippen molar-refractivity contribution in [2.24, 2.45) is 0 Å². The van der Waals surface area contributed by atoms with Gasteiger partial charge in [0, 0.05) is 24.5 Å². The SMILES string of the molecule is CC.O=C(CNc1ncnc2cc(OC3CC3)ccc12)N1CCC1.OC(F)(F)F. The number of amides is 1. The van der Waals surface area contributed by atoms with E-state index in [2.05, 4.69) is 15.3 Å². The maximum atomic E-state index is 11.9. The maximum Gasteiger partial charge on any atom is 0.519 e. The second kappa shape index (κ2) is 10.2. The van der Waals surface area contributed by atoms with E-state index < -0.39 is 6.36 Å². The van der Waals surface area contributed by atoms with Crippen LogP contribution in [0.4, 0.5) is 19.0 Å². The predicted octanol–water partition coefficient (Wildman–Crippen LogP) is 3.34. The van der Waals surface area contributed by atoms with Crippen LogP contribution < -0.4 is 10.1 Å². The van der Waals surface area contributed by atoms with E-state index in [1.165, 1.54) is 6.33 Å². The van der Waals surface area contributed by atoms with Crippen molar-refractivity contribution in [2.75, 3.05) is 25.0 Å². The van der Waals surface area contributed by atoms with Gasteiger partial charge in [0.1, 0.15) is 17.9 Å². The normalized spacial score (nSPS) is 15.3. The number of aromatic nitrogens is 2. The molecule has 1 aliphatic heterocycles. The molecule has 1 saturated heterocycles. The molecule has 29 heavy (non-hydrogen) atoms. The first-order valence-corrected chi connectivity index (χ1v) is 9.52. The Hall–Kier alpha value is -2.62. The van der Waals surface area contributed by atoms with Crippen LogP contribution in [0.25, 0.3) is 10.9 Å². The van der Waals surface area contributed by atoms with E-state index in [1.807, 2.05) is 36.9 Å². The molecule has 160 valence electrons. The number of alkyl halides is 3. The summed E-state index contributed by atoms with van der Waals surface area (Å²) in [5.74, 6) is 1.65. The quantitative estimate of drug-likeness (QED) is 0.780. The number of anilines is 1. The number of carbonyl (C=O) groups excluding carboxylic acids is 1. The highest BCUT2D eigenvalue weighted by molar-refractivity contribution is 5.91. The number of hydrogen-bond acceptors (Lipinski definition) is 6. The van der Waals surface area contributed by atoms with Crippen LogP contribution in [0.2, 0.25) is 0 Å². The Balaban J connectivity index is 0.000000378. The number of hydrogen-bond donors (Lipinski definition) is 2. The zero-order chi connectivity index (χ0) is 21.4. The fourth-order valence-electron chi connectivity index (χ4n) is 2.47. The number of ether oxygens (including phenoxy) is 1. The van der Waals surface area contributed by atoms with E-state index in [1.54, 1.807) is 0 Å². The van der Waals surface area contributed by atoms with E-state index in [0.29, 0.717) is 11.9 Å². The monoisotopic (exact) mass is 414 g/mol. The van der Waals surface area contributed by atoms with Crippen molar-refractivity contribution in [2.45, 2.75) is 45.6 Å². The second-order valence-corrected chi connectivity index (χ2v) is 6.27. The molecule has 0 bridgehead atoms. The number of nitrogens with one attached hydrogen (secondary N) is 1. The van der Waals surface area contributed by atoms with Gasteiger partial charge in [-0.15, -0.1) is 13.2 Å². The number of halogens is 3. The third kappa shape index (κ3) is 7.72. The first-order chi connectivity index (χ1) is 13.8. The van der Waals surface area contributed by atoms with E-state index in [-0.39, 0.29) is 12.5 Å². The van der Waals surface area contributed by atoms with Crippen molar-refractivity contribution in [1.29, 1.82) is 0 Å². The molecule has 2 aliphatic rings. The van der Waals surface area contributed by atoms with Crippen LogP contribution in [0.5, 0.6) is 5.75 Å². The Morgan fingerprint density at radius 1 is 1.28 bits per heavy atom. The van der Waals surface area contributed by atoms with Crippen LogP contribution in [0.1, 0.15) is 33.1 Å². The van der Waals surface area contributed by atoms with E-state index in [4.69, 9.17) is 9.84 Å². The number of aliphatic hydroxyl groups is 1. The summed E-state index contributed by atoms with van der Waals surface area (Å²) in [5.41, 5.74) is 0.826. The third-order valence-corrected chi connectivity index (χ3v) is 4.05. The van der Waals surface area contributed by atoms with Gasteiger partial charge in [-0.25, -0.2) is 9.97 Å². The summed E-state index contributed by atoms with van der Waals surface area (Å²) in [4.78, 5) is 22.3. The van der Waals surface area contributed by atoms with Gasteiger partial charge in [0.25, 0.3) is 0 Å². The molecular weight excluding hydrogens is 389 g/mol. The van der Waals surface area contributed by atoms with Crippen molar-refractivity contribution in [3.8, 4) is 5.75 Å². The molecule has 7 nitrogen and oxygen atoms in total. The summed E-state index contributed by atoms with van der Waals surface area (Å²) in [5, 5.41) is 10.6. The van der Waals surface area contributed by atoms with E-state index >= 15 is 0 Å². The van der Waals surface area contributed by atoms with E-state index in [0.717, 1.165) is 49.0 Å². The van der Waals surface area contributed by atoms with Crippen molar-refractivity contribution in [3.63, 3.8) is 0 Å². The lowest BCUT2D eigenvalue weighted by Crippen LogP contribution is -2.44. The fourth-order valence-corrected chi connectivity index (χ4v) is 2.47. The summed E-state index contributed by atoms with van der Waals surface area (Å²) >= 11 is 0. The van der Waals surface area contributed by atoms with Gasteiger partial charge in [-0.1, -0.05) is 13.8 Å². The Kier molecular flexibility index (Phi) is 8.00. The van der Waals surface area contributed by atoms with Gasteiger partial charge in [0.2, 0.25) is 5.91 Å². The van der Waals surface area contributed by atoms with Gasteiger partial charge < -0.3 is 20.1 Å². The average molecular weight is 414 g/mol. The van der Waals surface area contributed by atoms with Crippen molar-refractivity contribution < 1.29 is 27.8 Å². The molecule has 0 radical (unpaired) electrons. The summed E-state index contributed by atoms with van der Waals surface area (Å²) in [6.07, 6.45) is 0.248. The average Bonchev–Trinajstić information content (AvgIpc) is 3.42. The van der Waals surface area contributed by atoms with Crippen LogP contribution in [-0.4, -0.2) is 58.0 Å². The first kappa shape index (κ1) is 22.7. The Labute approximate surface area is 166 Å². The van der Waals surface area contributed by atoms with Gasteiger partial charge >= 0.3 is 6.36 Å². The van der Waals surface area contributed by atoms with Gasteiger partial charge in [-0.2, -0.15) is 0 Å². The fraction of sp³-hybridized carbons (Fsp3) is 0.526. The van der Waals surface area contributed by atoms with Gasteiger partial charge in [0.15, 0.2) is 0 Å². The molecule has 0 spiro atoms. The molecular formula is C19H25F3N4O3. The lowest BCUT2D eigenvalue weighted by Gasteiger charge is -2.31. The first-order valence-electron chi connectivity index (χ1n) is 9.52. The molecule has 10 heteroatoms. The molecule has 1 aromatic heterocycles. The third-order valence-electron chi connectivity index (χ3n) is 4.05. The lowest BCUT2D eigenvalue weighted by atomic mass is 10.2. The minimum Gasteiger partial charge on any atom is -0.490 e. The topological polar surface area (TPSA) is 87.6 Å². The molecule has 2 aromatic rings. The number of carbonyl (C=O) groups is 1. The molecule has 2 fully saturated rings. The van der Waals surface area contributed by atoms with Gasteiger partial charge in [-0.3, -0.25) is 4.79 Å². The largest absolute Gasteiger partial charge is 0.519 e. The minimum atomic E-state index is -5.00. The molecule has 1 aliphatic carbocycles. The van der Waals surface area contributed by atoms with Gasteiger partial charge in [0.05, 0.1) is 18.2 Å². The summed E-state index contributed by atoms with van der Waals surface area (Å²) in [6, 6.07) is 5.81. The van der Waals surface area contributed by atoms with Crippen LogP contribution in [0.3, 0.4) is 0 Å². The standard InChI is InChI=1S/C16H18N4O2.C2H6.CHF3O/c21-15(20-6-1-7-20)9-17-16-13-5-4-12(22-11-2-3-11)8-14(13)18-10-19-16;1-2;2-1(3,4)5/h4-5,8,10-11H,1-3,6-7,9H2,(H,17,18,19);1-2H3;5H. The van der Waals surface area contributed by atoms with Crippen LogP contribution in [-0.2, 0) is 4.79 Å². The summed E-state index contributed by atoms with van der Waals surface area (Å²) in [6.45, 7) is 6.01. The number of likely N-dealkylation sites (tertiary alicyclic amines) is 1. The van der Waals surface area contributed by atoms with Crippen LogP contribution >= 0.6 is 0 Å². The lowest BCUT2D eigenvalue weighted by molar-refractivity contribution is -0.295. The Morgan fingerprint density at radius 2 is 1.93 bits per heavy atom. The van der Waals surface area contributed by atoms with Crippen molar-refractivity contribution in [3.05, 3.63) is 24.5 Å². The highest BCUT2D eigenvalue weighted by Crippen LogP contribution is 2.29. The molecule has 1 amide bonds. The molecule has 4 rings (SSSR count). The second-order valence-electron chi connectivity index (χ2n) is 6.27. The zero-order valence-corrected chi connectivity index (χ0v) is 16.4. The molecule has 0 atom stereocenters. The van der Waals surface area contributed by atoms with Crippen molar-refractivity contribution >= 4 is 22.6 Å². The maximum absolute atomic E-state index is 11.9. The predicted molar refractivity (Wildman–Crippen MR) is 102 cm³/mol. The van der Waals surface area contributed by atoms with Crippen LogP contribution in [0, 0.1) is 0 Å². The molecule has 2 heterocycles. The van der Waals surface area contributed by atoms with E-state index in [9.17, 15) is 18.0 Å². The Bertz CT molecular complexity index is 803. The smallest absolute Gasteiger partial charge is 0.490 e. The highest BCUT2D eigenvalue weighted by atomic mass is 19.4. The summed E-state index contributed by atoms with van der Waals surface area (Å²) in [7, 11) is 0. The Morgan fingerprint density at radius 3 is 2.48 bits per heavy atom. The number of benzene rings is 1. The molecule has 2 N–H and O–H groups in total. The number of nitrogens with zero attached hydrogens (tertiary/aromatic N) is 3. The molecule has 0 unspecified atom stereocenters. The summed E-state index contributed by atoms with van der Waals surface area (Å²) < 4.78 is 35.5. The number of rotatable bonds is 5. The number of fused-ring (bicyclic) bond motifs is 1. The van der Waals surface area contributed by atoms with Crippen LogP contribution in [0.15, 0.2) is 24.5 Å². The highest BCUT2D eigenvalue weighted by Gasteiger charge is 2.24. The van der Waals surface area contributed by atoms with Crippen molar-refractivity contribution in [1.82, 2.24) is 14.9 Å².